The summed E-state index contributed by atoms with van der Waals surface area (Å²) in [5, 5.41) is 0. The molecule has 2 heteroatoms. The first kappa shape index (κ1) is 10.0. The van der Waals surface area contributed by atoms with Crippen molar-refractivity contribution in [3.8, 4) is 5.75 Å². The van der Waals surface area contributed by atoms with Crippen molar-refractivity contribution in [3.05, 3.63) is 24.0 Å². The van der Waals surface area contributed by atoms with Gasteiger partial charge in [-0.15, -0.1) is 0 Å². The highest BCUT2D eigenvalue weighted by atomic mass is 16.5. The predicted molar refractivity (Wildman–Crippen MR) is 54.1 cm³/mol. The molecule has 2 heterocycles. The molecule has 0 unspecified atom stereocenters. The monoisotopic (exact) mass is 179 g/mol. The zero-order valence-corrected chi connectivity index (χ0v) is 8.79. The first-order valence-electron chi connectivity index (χ1n) is 4.77. The molecular weight excluding hydrogens is 162 g/mol. The maximum Gasteiger partial charge on any atom is 0.126 e. The summed E-state index contributed by atoms with van der Waals surface area (Å²) in [5.41, 5.74) is 1.36. The Labute approximate surface area is 80.0 Å². The second-order valence-electron chi connectivity index (χ2n) is 3.54. The summed E-state index contributed by atoms with van der Waals surface area (Å²) in [6.07, 6.45) is 3.66. The molecule has 2 rings (SSSR count). The van der Waals surface area contributed by atoms with Gasteiger partial charge >= 0.3 is 0 Å². The van der Waals surface area contributed by atoms with Gasteiger partial charge in [0.15, 0.2) is 0 Å². The summed E-state index contributed by atoms with van der Waals surface area (Å²) in [6.45, 7) is 9.11. The molecule has 0 spiro atoms. The molecule has 0 radical (unpaired) electrons. The molecule has 0 bridgehead atoms. The fourth-order valence-corrected chi connectivity index (χ4v) is 1.35. The molecule has 1 aliphatic heterocycles. The van der Waals surface area contributed by atoms with Crippen LogP contribution in [0.3, 0.4) is 0 Å². The number of ether oxygens (including phenoxy) is 1. The van der Waals surface area contributed by atoms with Crippen LogP contribution >= 0.6 is 0 Å². The smallest absolute Gasteiger partial charge is 0.126 e. The van der Waals surface area contributed by atoms with E-state index in [1.165, 1.54) is 5.56 Å². The highest BCUT2D eigenvalue weighted by Crippen LogP contribution is 2.36. The first-order valence-corrected chi connectivity index (χ1v) is 4.77. The van der Waals surface area contributed by atoms with Crippen molar-refractivity contribution in [2.45, 2.75) is 33.1 Å². The number of hydrogen-bond acceptors (Lipinski definition) is 2. The minimum Gasteiger partial charge on any atom is -0.492 e. The van der Waals surface area contributed by atoms with E-state index in [4.69, 9.17) is 4.74 Å². The van der Waals surface area contributed by atoms with E-state index in [2.05, 4.69) is 18.8 Å². The summed E-state index contributed by atoms with van der Waals surface area (Å²) in [4.78, 5) is 4.07. The molecule has 0 N–H and O–H groups in total. The summed E-state index contributed by atoms with van der Waals surface area (Å²) >= 11 is 0. The van der Waals surface area contributed by atoms with E-state index in [0.29, 0.717) is 0 Å². The van der Waals surface area contributed by atoms with E-state index in [9.17, 15) is 0 Å². The molecule has 2 nitrogen and oxygen atoms in total. The van der Waals surface area contributed by atoms with Gasteiger partial charge in [-0.1, -0.05) is 27.7 Å². The Kier molecular flexibility index (Phi) is 2.91. The van der Waals surface area contributed by atoms with Crippen LogP contribution in [-0.2, 0) is 5.41 Å². The largest absolute Gasteiger partial charge is 0.492 e. The predicted octanol–water partition coefficient (Wildman–Crippen LogP) is 2.78. The lowest BCUT2D eigenvalue weighted by Crippen LogP contribution is -2.18. The van der Waals surface area contributed by atoms with Gasteiger partial charge < -0.3 is 4.74 Å². The number of rotatable bonds is 0. The van der Waals surface area contributed by atoms with Crippen molar-refractivity contribution < 1.29 is 4.74 Å². The fraction of sp³-hybridized carbons (Fsp3) is 0.545. The minimum absolute atomic E-state index is 0.142. The highest BCUT2D eigenvalue weighted by molar-refractivity contribution is 5.39. The lowest BCUT2D eigenvalue weighted by atomic mass is 9.88. The summed E-state index contributed by atoms with van der Waals surface area (Å²) < 4.78 is 5.47. The quantitative estimate of drug-likeness (QED) is 0.611. The summed E-state index contributed by atoms with van der Waals surface area (Å²) in [6, 6.07) is 1.92. The third-order valence-corrected chi connectivity index (χ3v) is 2.10. The lowest BCUT2D eigenvalue weighted by molar-refractivity contribution is 0.291. The zero-order valence-electron chi connectivity index (χ0n) is 8.79. The van der Waals surface area contributed by atoms with Crippen LogP contribution in [0.2, 0.25) is 0 Å². The van der Waals surface area contributed by atoms with Gasteiger partial charge in [0.05, 0.1) is 6.61 Å². The number of aromatic nitrogens is 1. The molecular formula is C11H17NO. The molecule has 0 aliphatic carbocycles. The van der Waals surface area contributed by atoms with Gasteiger partial charge in [-0.05, 0) is 6.07 Å². The first-order chi connectivity index (χ1) is 6.20. The number of hydrogen-bond donors (Lipinski definition) is 0. The van der Waals surface area contributed by atoms with Crippen LogP contribution in [0.5, 0.6) is 5.75 Å². The maximum absolute atomic E-state index is 5.47. The van der Waals surface area contributed by atoms with Crippen molar-refractivity contribution in [1.29, 1.82) is 0 Å². The molecule has 0 amide bonds. The van der Waals surface area contributed by atoms with E-state index in [1.54, 1.807) is 6.20 Å². The van der Waals surface area contributed by atoms with Crippen LogP contribution in [0.15, 0.2) is 18.5 Å². The number of pyridine rings is 1. The Morgan fingerprint density at radius 3 is 2.69 bits per heavy atom. The summed E-state index contributed by atoms with van der Waals surface area (Å²) in [5.74, 6) is 0.991. The molecule has 0 aromatic carbocycles. The topological polar surface area (TPSA) is 22.1 Å². The standard InChI is InChI=1S/C9H11NO.C2H6/c1-9(2)6-11-8-3-4-10-5-7(8)9;1-2/h3-5H,6H2,1-2H3;1-2H3. The Morgan fingerprint density at radius 2 is 2.08 bits per heavy atom. The van der Waals surface area contributed by atoms with Gasteiger partial charge in [-0.3, -0.25) is 4.98 Å². The molecule has 0 atom stereocenters. The van der Waals surface area contributed by atoms with Crippen molar-refractivity contribution in [2.75, 3.05) is 6.61 Å². The number of fused-ring (bicyclic) bond motifs is 1. The highest BCUT2D eigenvalue weighted by Gasteiger charge is 2.31. The van der Waals surface area contributed by atoms with Gasteiger partial charge in [0.1, 0.15) is 5.75 Å². The van der Waals surface area contributed by atoms with E-state index in [0.717, 1.165) is 12.4 Å². The van der Waals surface area contributed by atoms with E-state index in [-0.39, 0.29) is 5.41 Å². The molecule has 1 aromatic rings. The minimum atomic E-state index is 0.142. The third-order valence-electron chi connectivity index (χ3n) is 2.10. The van der Waals surface area contributed by atoms with E-state index < -0.39 is 0 Å². The van der Waals surface area contributed by atoms with Crippen LogP contribution in [0, 0.1) is 0 Å². The van der Waals surface area contributed by atoms with Gasteiger partial charge in [-0.25, -0.2) is 0 Å². The van der Waals surface area contributed by atoms with Crippen molar-refractivity contribution in [1.82, 2.24) is 4.98 Å². The van der Waals surface area contributed by atoms with Crippen LogP contribution in [0.4, 0.5) is 0 Å². The average molecular weight is 179 g/mol. The van der Waals surface area contributed by atoms with E-state index >= 15 is 0 Å². The van der Waals surface area contributed by atoms with Crippen molar-refractivity contribution in [3.63, 3.8) is 0 Å². The Morgan fingerprint density at radius 1 is 1.38 bits per heavy atom. The molecule has 13 heavy (non-hydrogen) atoms. The maximum atomic E-state index is 5.47. The number of nitrogens with zero attached hydrogens (tertiary/aromatic N) is 1. The van der Waals surface area contributed by atoms with Crippen LogP contribution < -0.4 is 4.74 Å². The summed E-state index contributed by atoms with van der Waals surface area (Å²) in [7, 11) is 0. The molecule has 72 valence electrons. The third kappa shape index (κ3) is 1.82. The second-order valence-corrected chi connectivity index (χ2v) is 3.54. The molecule has 1 aliphatic rings. The van der Waals surface area contributed by atoms with Crippen LogP contribution in [0.25, 0.3) is 0 Å². The SMILES string of the molecule is CC.CC1(C)COc2ccncc21. The fourth-order valence-electron chi connectivity index (χ4n) is 1.35. The second kappa shape index (κ2) is 3.77. The Balaban J connectivity index is 0.000000396. The van der Waals surface area contributed by atoms with E-state index in [1.807, 2.05) is 26.1 Å². The van der Waals surface area contributed by atoms with Gasteiger partial charge in [-0.2, -0.15) is 0 Å². The normalized spacial score (nSPS) is 16.6. The molecule has 0 saturated heterocycles. The molecule has 0 fully saturated rings. The Bertz CT molecular complexity index is 281. The van der Waals surface area contributed by atoms with Crippen LogP contribution in [0.1, 0.15) is 33.3 Å². The van der Waals surface area contributed by atoms with Gasteiger partial charge in [0, 0.05) is 23.4 Å². The van der Waals surface area contributed by atoms with Crippen molar-refractivity contribution >= 4 is 0 Å². The lowest BCUT2D eigenvalue weighted by Gasteiger charge is -2.13. The van der Waals surface area contributed by atoms with Gasteiger partial charge in [0.25, 0.3) is 0 Å². The molecule has 1 aromatic heterocycles. The molecule has 0 saturated carbocycles. The zero-order chi connectivity index (χ0) is 9.90. The average Bonchev–Trinajstić information content (AvgIpc) is 2.47. The van der Waals surface area contributed by atoms with Crippen LogP contribution in [-0.4, -0.2) is 11.6 Å². The van der Waals surface area contributed by atoms with Crippen molar-refractivity contribution in [2.24, 2.45) is 0 Å². The Hall–Kier alpha value is -1.05. The van der Waals surface area contributed by atoms with Gasteiger partial charge in [0.2, 0.25) is 0 Å².